The third-order valence-corrected chi connectivity index (χ3v) is 6.50. The molecule has 1 aliphatic heterocycles. The van der Waals surface area contributed by atoms with E-state index in [-0.39, 0.29) is 11.4 Å². The summed E-state index contributed by atoms with van der Waals surface area (Å²) < 4.78 is 13.2. The number of methoxy groups -OCH3 is 1. The summed E-state index contributed by atoms with van der Waals surface area (Å²) in [6, 6.07) is 8.09. The van der Waals surface area contributed by atoms with Crippen molar-refractivity contribution >= 4 is 23.0 Å². The highest BCUT2D eigenvalue weighted by Gasteiger charge is 2.44. The molecule has 1 N–H and O–H groups in total. The molecule has 3 aromatic rings. The fourth-order valence-electron chi connectivity index (χ4n) is 4.03. The zero-order valence-corrected chi connectivity index (χ0v) is 20.0. The van der Waals surface area contributed by atoms with E-state index in [2.05, 4.69) is 4.98 Å². The first-order valence-electron chi connectivity index (χ1n) is 11.1. The molecule has 1 atom stereocenters. The zero-order valence-electron chi connectivity index (χ0n) is 19.1. The van der Waals surface area contributed by atoms with Crippen molar-refractivity contribution in [1.29, 1.82) is 0 Å². The van der Waals surface area contributed by atoms with Gasteiger partial charge in [-0.05, 0) is 42.0 Å². The molecule has 3 heterocycles. The van der Waals surface area contributed by atoms with Gasteiger partial charge in [0.25, 0.3) is 5.91 Å². The van der Waals surface area contributed by atoms with Crippen molar-refractivity contribution in [1.82, 2.24) is 14.5 Å². The maximum atomic E-state index is 13.4. The van der Waals surface area contributed by atoms with E-state index in [1.54, 1.807) is 54.2 Å². The highest BCUT2D eigenvalue weighted by molar-refractivity contribution is 7.12. The molecule has 1 aromatic carbocycles. The number of aryl methyl sites for hydroxylation is 1. The number of aliphatic hydroxyl groups is 1. The molecule has 0 saturated heterocycles. The summed E-state index contributed by atoms with van der Waals surface area (Å²) in [5.74, 6) is -0.320. The van der Waals surface area contributed by atoms with Crippen molar-refractivity contribution in [2.45, 2.75) is 32.4 Å². The Hall–Kier alpha value is -3.59. The van der Waals surface area contributed by atoms with Gasteiger partial charge in [-0.15, -0.1) is 11.3 Å². The van der Waals surface area contributed by atoms with Gasteiger partial charge < -0.3 is 24.0 Å². The van der Waals surface area contributed by atoms with Crippen LogP contribution >= 0.6 is 11.3 Å². The first-order chi connectivity index (χ1) is 16.5. The Morgan fingerprint density at radius 2 is 2.09 bits per heavy atom. The molecule has 0 fully saturated rings. The van der Waals surface area contributed by atoms with Gasteiger partial charge in [0.05, 0.1) is 36.5 Å². The maximum absolute atomic E-state index is 13.4. The van der Waals surface area contributed by atoms with Crippen LogP contribution in [0.2, 0.25) is 0 Å². The number of amides is 1. The lowest BCUT2D eigenvalue weighted by molar-refractivity contribution is -0.129. The lowest BCUT2D eigenvalue weighted by Gasteiger charge is -2.27. The Morgan fingerprint density at radius 1 is 1.24 bits per heavy atom. The predicted molar refractivity (Wildman–Crippen MR) is 128 cm³/mol. The second-order valence-electron chi connectivity index (χ2n) is 7.88. The Kier molecular flexibility index (Phi) is 7.32. The highest BCUT2D eigenvalue weighted by Crippen LogP contribution is 2.42. The van der Waals surface area contributed by atoms with E-state index in [4.69, 9.17) is 9.47 Å². The van der Waals surface area contributed by atoms with Crippen molar-refractivity contribution in [3.63, 3.8) is 0 Å². The quantitative estimate of drug-likeness (QED) is 0.408. The van der Waals surface area contributed by atoms with Crippen LogP contribution < -0.4 is 9.47 Å². The summed E-state index contributed by atoms with van der Waals surface area (Å²) in [5, 5.41) is 12.6. The zero-order chi connectivity index (χ0) is 24.1. The van der Waals surface area contributed by atoms with Crippen LogP contribution in [0, 0.1) is 0 Å². The van der Waals surface area contributed by atoms with E-state index in [1.807, 2.05) is 23.8 Å². The number of Topliss-reactive ketones (excluding diaryl/α,β-unsaturated/α-hetero) is 1. The van der Waals surface area contributed by atoms with Crippen LogP contribution in [-0.4, -0.2) is 51.5 Å². The normalized spacial score (nSPS) is 15.8. The van der Waals surface area contributed by atoms with Crippen LogP contribution in [0.25, 0.3) is 0 Å². The van der Waals surface area contributed by atoms with Gasteiger partial charge in [-0.3, -0.25) is 9.59 Å². The largest absolute Gasteiger partial charge is 0.503 e. The number of hydrogen-bond acceptors (Lipinski definition) is 7. The summed E-state index contributed by atoms with van der Waals surface area (Å²) >= 11 is 1.28. The maximum Gasteiger partial charge on any atom is 0.290 e. The monoisotopic (exact) mass is 481 g/mol. The predicted octanol–water partition coefficient (Wildman–Crippen LogP) is 4.41. The van der Waals surface area contributed by atoms with Crippen molar-refractivity contribution < 1.29 is 24.2 Å². The molecule has 0 bridgehead atoms. The van der Waals surface area contributed by atoms with Crippen LogP contribution in [0.1, 0.15) is 41.0 Å². The van der Waals surface area contributed by atoms with Crippen LogP contribution in [-0.2, 0) is 11.3 Å². The van der Waals surface area contributed by atoms with Gasteiger partial charge in [0, 0.05) is 25.5 Å². The van der Waals surface area contributed by atoms with Crippen molar-refractivity contribution in [2.24, 2.45) is 0 Å². The Bertz CT molecular complexity index is 1170. The number of aromatic nitrogens is 2. The molecule has 0 unspecified atom stereocenters. The van der Waals surface area contributed by atoms with Gasteiger partial charge in [0.1, 0.15) is 0 Å². The number of carbonyl (C=O) groups excluding carboxylic acids is 2. The number of thiophene rings is 1. The van der Waals surface area contributed by atoms with Gasteiger partial charge in [-0.2, -0.15) is 0 Å². The molecule has 1 aliphatic rings. The molecule has 1 amide bonds. The molecular formula is C25H27N3O5S. The SMILES string of the molecule is CCCOc1ccc([C@H]2C(C(=O)c3cccs3)=C(O)C(=O)N2CCCn2ccnc2)cc1OC. The lowest BCUT2D eigenvalue weighted by atomic mass is 9.95. The fourth-order valence-corrected chi connectivity index (χ4v) is 4.71. The second kappa shape index (κ2) is 10.6. The smallest absolute Gasteiger partial charge is 0.290 e. The fraction of sp³-hybridized carbons (Fsp3) is 0.320. The number of benzene rings is 1. The summed E-state index contributed by atoms with van der Waals surface area (Å²) in [7, 11) is 1.55. The van der Waals surface area contributed by atoms with Crippen LogP contribution in [0.3, 0.4) is 0 Å². The number of carbonyl (C=O) groups is 2. The highest BCUT2D eigenvalue weighted by atomic mass is 32.1. The molecule has 2 aromatic heterocycles. The molecular weight excluding hydrogens is 454 g/mol. The van der Waals surface area contributed by atoms with E-state index < -0.39 is 17.7 Å². The summed E-state index contributed by atoms with van der Waals surface area (Å²) in [6.45, 7) is 3.56. The molecule has 0 aliphatic carbocycles. The summed E-state index contributed by atoms with van der Waals surface area (Å²) in [6.07, 6.45) is 6.74. The van der Waals surface area contributed by atoms with Crippen molar-refractivity contribution in [2.75, 3.05) is 20.3 Å². The van der Waals surface area contributed by atoms with E-state index in [9.17, 15) is 14.7 Å². The molecule has 9 heteroatoms. The number of rotatable bonds is 11. The number of aliphatic hydroxyl groups excluding tert-OH is 1. The van der Waals surface area contributed by atoms with Gasteiger partial charge in [0.15, 0.2) is 17.3 Å². The molecule has 34 heavy (non-hydrogen) atoms. The number of hydrogen-bond donors (Lipinski definition) is 1. The number of nitrogens with zero attached hydrogens (tertiary/aromatic N) is 3. The average Bonchev–Trinajstić information content (AvgIpc) is 3.61. The first-order valence-corrected chi connectivity index (χ1v) is 12.0. The van der Waals surface area contributed by atoms with Gasteiger partial charge >= 0.3 is 0 Å². The first kappa shape index (κ1) is 23.6. The molecule has 4 rings (SSSR count). The minimum Gasteiger partial charge on any atom is -0.503 e. The standard InChI is InChI=1S/C25H27N3O5S/c1-3-13-33-18-8-7-17(15-19(18)32-2)22-21(23(29)20-6-4-14-34-20)24(30)25(31)28(22)11-5-10-27-12-9-26-16-27/h4,6-9,12,14-16,22,30H,3,5,10-11,13H2,1-2H3/t22-/m0/s1. The topological polar surface area (TPSA) is 93.9 Å². The molecule has 0 saturated carbocycles. The van der Waals surface area contributed by atoms with Gasteiger partial charge in [-0.25, -0.2) is 4.98 Å². The van der Waals surface area contributed by atoms with E-state index in [1.165, 1.54) is 11.3 Å². The van der Waals surface area contributed by atoms with Crippen LogP contribution in [0.15, 0.2) is 65.8 Å². The van der Waals surface area contributed by atoms with Crippen LogP contribution in [0.4, 0.5) is 0 Å². The lowest BCUT2D eigenvalue weighted by Crippen LogP contribution is -2.32. The van der Waals surface area contributed by atoms with E-state index >= 15 is 0 Å². The van der Waals surface area contributed by atoms with Crippen molar-refractivity contribution in [3.05, 3.63) is 76.2 Å². The third kappa shape index (κ3) is 4.70. The number of ether oxygens (including phenoxy) is 2. The Balaban J connectivity index is 1.69. The van der Waals surface area contributed by atoms with Crippen LogP contribution in [0.5, 0.6) is 11.5 Å². The number of ketones is 1. The molecule has 0 radical (unpaired) electrons. The Morgan fingerprint density at radius 3 is 2.76 bits per heavy atom. The molecule has 178 valence electrons. The average molecular weight is 482 g/mol. The van der Waals surface area contributed by atoms with Gasteiger partial charge in [0.2, 0.25) is 5.78 Å². The number of imidazole rings is 1. The summed E-state index contributed by atoms with van der Waals surface area (Å²) in [4.78, 5) is 32.5. The van der Waals surface area contributed by atoms with E-state index in [0.717, 1.165) is 6.42 Å². The minimum atomic E-state index is -0.737. The van der Waals surface area contributed by atoms with Gasteiger partial charge in [-0.1, -0.05) is 19.1 Å². The molecule has 0 spiro atoms. The minimum absolute atomic E-state index is 0.0827. The third-order valence-electron chi connectivity index (χ3n) is 5.63. The van der Waals surface area contributed by atoms with E-state index in [0.29, 0.717) is 48.1 Å². The second-order valence-corrected chi connectivity index (χ2v) is 8.83. The van der Waals surface area contributed by atoms with Crippen molar-refractivity contribution in [3.8, 4) is 11.5 Å². The Labute approximate surface area is 202 Å². The summed E-state index contributed by atoms with van der Waals surface area (Å²) in [5.41, 5.74) is 0.750. The molecule has 8 nitrogen and oxygen atoms in total.